The first-order valence-electron chi connectivity index (χ1n) is 7.71. The molecule has 0 radical (unpaired) electrons. The zero-order valence-electron chi connectivity index (χ0n) is 13.6. The monoisotopic (exact) mass is 348 g/mol. The van der Waals surface area contributed by atoms with Crippen LogP contribution < -0.4 is 10.6 Å². The van der Waals surface area contributed by atoms with Crippen molar-refractivity contribution in [2.45, 2.75) is 44.5 Å². The number of hydrogen-bond acceptors (Lipinski definition) is 3. The summed E-state index contributed by atoms with van der Waals surface area (Å²) >= 11 is 0. The topological polar surface area (TPSA) is 59.6 Å². The van der Waals surface area contributed by atoms with Gasteiger partial charge in [0.2, 0.25) is 0 Å². The van der Waals surface area contributed by atoms with Gasteiger partial charge < -0.3 is 20.1 Å². The van der Waals surface area contributed by atoms with E-state index in [1.807, 2.05) is 0 Å². The van der Waals surface area contributed by atoms with E-state index in [9.17, 15) is 18.0 Å². The minimum Gasteiger partial charge on any atom is -0.499 e. The maximum atomic E-state index is 12.1. The molecule has 0 spiro atoms. The predicted molar refractivity (Wildman–Crippen MR) is 83.9 cm³/mol. The largest absolute Gasteiger partial charge is 0.573 e. The Bertz CT molecular complexity index is 481. The van der Waals surface area contributed by atoms with Gasteiger partial charge in [-0.25, -0.2) is 4.79 Å². The molecule has 136 valence electrons. The number of carbonyl (C=O) groups excluding carboxylic acids is 1. The number of rotatable bonds is 7. The fourth-order valence-electron chi connectivity index (χ4n) is 2.30. The molecular formula is C16H23F3N2O3. The second-order valence-electron chi connectivity index (χ2n) is 5.32. The van der Waals surface area contributed by atoms with Crippen molar-refractivity contribution in [2.24, 2.45) is 0 Å². The Hall–Kier alpha value is -2.12. The molecule has 1 fully saturated rings. The molecule has 2 amide bonds. The zero-order chi connectivity index (χ0) is 18.0. The second kappa shape index (κ2) is 9.89. The van der Waals surface area contributed by atoms with Crippen molar-refractivity contribution in [3.8, 4) is 0 Å². The summed E-state index contributed by atoms with van der Waals surface area (Å²) in [7, 11) is 1.36. The molecule has 0 aromatic carbocycles. The molecule has 0 heterocycles. The van der Waals surface area contributed by atoms with Gasteiger partial charge in [-0.2, -0.15) is 0 Å². The first-order valence-corrected chi connectivity index (χ1v) is 7.71. The lowest BCUT2D eigenvalue weighted by Gasteiger charge is -2.22. The molecule has 0 aromatic rings. The van der Waals surface area contributed by atoms with E-state index in [0.717, 1.165) is 37.8 Å². The predicted octanol–water partition coefficient (Wildman–Crippen LogP) is 3.75. The van der Waals surface area contributed by atoms with E-state index in [1.165, 1.54) is 19.6 Å². The van der Waals surface area contributed by atoms with Gasteiger partial charge in [-0.3, -0.25) is 0 Å². The number of allylic oxidation sites excluding steroid dienone is 3. The first-order chi connectivity index (χ1) is 11.3. The Labute approximate surface area is 139 Å². The van der Waals surface area contributed by atoms with Crippen molar-refractivity contribution in [1.29, 1.82) is 0 Å². The van der Waals surface area contributed by atoms with Gasteiger partial charge in [0.25, 0.3) is 0 Å². The number of ether oxygens (including phenoxy) is 2. The molecule has 2 N–H and O–H groups in total. The van der Waals surface area contributed by atoms with Gasteiger partial charge in [-0.1, -0.05) is 25.8 Å². The summed E-state index contributed by atoms with van der Waals surface area (Å²) in [6.07, 6.45) is 3.80. The van der Waals surface area contributed by atoms with Crippen molar-refractivity contribution in [3.63, 3.8) is 0 Å². The summed E-state index contributed by atoms with van der Waals surface area (Å²) in [5.74, 6) is -0.192. The summed E-state index contributed by atoms with van der Waals surface area (Å²) in [6.45, 7) is 3.29. The van der Waals surface area contributed by atoms with E-state index in [1.54, 1.807) is 0 Å². The van der Waals surface area contributed by atoms with Crippen molar-refractivity contribution in [3.05, 3.63) is 36.3 Å². The molecule has 1 rings (SSSR count). The number of carbonyl (C=O) groups is 1. The molecule has 1 aliphatic carbocycles. The maximum absolute atomic E-state index is 12.1. The molecule has 0 aromatic heterocycles. The van der Waals surface area contributed by atoms with Crippen LogP contribution in [0.2, 0.25) is 0 Å². The average molecular weight is 348 g/mol. The second-order valence-corrected chi connectivity index (χ2v) is 5.32. The van der Waals surface area contributed by atoms with Gasteiger partial charge >= 0.3 is 12.4 Å². The van der Waals surface area contributed by atoms with Crippen LogP contribution >= 0.6 is 0 Å². The van der Waals surface area contributed by atoms with E-state index in [2.05, 4.69) is 21.9 Å². The van der Waals surface area contributed by atoms with Crippen LogP contribution in [-0.2, 0) is 9.47 Å². The SMILES string of the molecule is C=C/C(=C\C=C(/CNC(=O)NC1CCCCC1)OC)OC(F)(F)F. The number of nitrogens with one attached hydrogen (secondary N) is 2. The lowest BCUT2D eigenvalue weighted by atomic mass is 9.96. The highest BCUT2D eigenvalue weighted by molar-refractivity contribution is 5.74. The molecule has 8 heteroatoms. The molecule has 0 aliphatic heterocycles. The fraction of sp³-hybridized carbons (Fsp3) is 0.562. The lowest BCUT2D eigenvalue weighted by molar-refractivity contribution is -0.303. The van der Waals surface area contributed by atoms with Gasteiger partial charge in [-0.15, -0.1) is 13.2 Å². The Morgan fingerprint density at radius 2 is 1.92 bits per heavy atom. The highest BCUT2D eigenvalue weighted by atomic mass is 19.4. The normalized spacial score (nSPS) is 17.2. The van der Waals surface area contributed by atoms with Crippen molar-refractivity contribution in [2.75, 3.05) is 13.7 Å². The Morgan fingerprint density at radius 3 is 2.46 bits per heavy atom. The van der Waals surface area contributed by atoms with Crippen LogP contribution in [0.5, 0.6) is 0 Å². The molecule has 1 aliphatic rings. The number of urea groups is 1. The third kappa shape index (κ3) is 8.50. The third-order valence-corrected chi connectivity index (χ3v) is 3.49. The van der Waals surface area contributed by atoms with E-state index in [4.69, 9.17) is 4.74 Å². The fourth-order valence-corrected chi connectivity index (χ4v) is 2.30. The summed E-state index contributed by atoms with van der Waals surface area (Å²) in [6, 6.07) is -0.162. The zero-order valence-corrected chi connectivity index (χ0v) is 13.6. The van der Waals surface area contributed by atoms with E-state index in [0.29, 0.717) is 0 Å². The Kier molecular flexibility index (Phi) is 8.21. The van der Waals surface area contributed by atoms with Crippen LogP contribution in [0, 0.1) is 0 Å². The van der Waals surface area contributed by atoms with Crippen molar-refractivity contribution in [1.82, 2.24) is 10.6 Å². The Morgan fingerprint density at radius 1 is 1.25 bits per heavy atom. The molecule has 0 bridgehead atoms. The van der Waals surface area contributed by atoms with Gasteiger partial charge in [-0.05, 0) is 31.1 Å². The molecule has 0 atom stereocenters. The molecular weight excluding hydrogens is 325 g/mol. The molecule has 1 saturated carbocycles. The van der Waals surface area contributed by atoms with Gasteiger partial charge in [0.05, 0.1) is 13.7 Å². The van der Waals surface area contributed by atoms with E-state index >= 15 is 0 Å². The molecule has 24 heavy (non-hydrogen) atoms. The summed E-state index contributed by atoms with van der Waals surface area (Å²) < 4.78 is 45.2. The van der Waals surface area contributed by atoms with Crippen LogP contribution in [0.1, 0.15) is 32.1 Å². The van der Waals surface area contributed by atoms with Crippen LogP contribution in [0.15, 0.2) is 36.3 Å². The van der Waals surface area contributed by atoms with Gasteiger partial charge in [0.15, 0.2) is 0 Å². The highest BCUT2D eigenvalue weighted by Crippen LogP contribution is 2.21. The van der Waals surface area contributed by atoms with Crippen molar-refractivity contribution < 1.29 is 27.4 Å². The number of hydrogen-bond donors (Lipinski definition) is 2. The summed E-state index contributed by atoms with van der Waals surface area (Å²) in [4.78, 5) is 11.8. The summed E-state index contributed by atoms with van der Waals surface area (Å²) in [5, 5.41) is 5.48. The van der Waals surface area contributed by atoms with E-state index in [-0.39, 0.29) is 24.4 Å². The molecule has 0 unspecified atom stereocenters. The summed E-state index contributed by atoms with van der Waals surface area (Å²) in [5.41, 5.74) is 0. The minimum absolute atomic E-state index is 0.0436. The van der Waals surface area contributed by atoms with Crippen LogP contribution in [0.25, 0.3) is 0 Å². The number of amides is 2. The number of alkyl halides is 3. The average Bonchev–Trinajstić information content (AvgIpc) is 2.53. The maximum Gasteiger partial charge on any atom is 0.573 e. The van der Waals surface area contributed by atoms with Gasteiger partial charge in [0, 0.05) is 6.04 Å². The Balaban J connectivity index is 2.49. The minimum atomic E-state index is -4.79. The van der Waals surface area contributed by atoms with E-state index < -0.39 is 12.1 Å². The van der Waals surface area contributed by atoms with Gasteiger partial charge in [0.1, 0.15) is 11.5 Å². The smallest absolute Gasteiger partial charge is 0.499 e. The molecule has 0 saturated heterocycles. The van der Waals surface area contributed by atoms with Crippen LogP contribution in [0.3, 0.4) is 0 Å². The highest BCUT2D eigenvalue weighted by Gasteiger charge is 2.31. The number of halogens is 3. The molecule has 5 nitrogen and oxygen atoms in total. The lowest BCUT2D eigenvalue weighted by Crippen LogP contribution is -2.43. The third-order valence-electron chi connectivity index (χ3n) is 3.49. The van der Waals surface area contributed by atoms with Crippen LogP contribution in [-0.4, -0.2) is 32.1 Å². The van der Waals surface area contributed by atoms with Crippen molar-refractivity contribution >= 4 is 6.03 Å². The number of methoxy groups -OCH3 is 1. The van der Waals surface area contributed by atoms with Crippen LogP contribution in [0.4, 0.5) is 18.0 Å². The first kappa shape index (κ1) is 19.9. The quantitative estimate of drug-likeness (QED) is 0.544. The standard InChI is InChI=1S/C16H23F3N2O3/c1-3-13(24-16(17,18)19)9-10-14(23-2)11-20-15(22)21-12-7-5-4-6-8-12/h3,9-10,12H,1,4-8,11H2,2H3,(H2,20,21,22)/b13-9+,14-10+.